The number of nitrogens with one attached hydrogen (secondary N) is 3. The van der Waals surface area contributed by atoms with Crippen LogP contribution in [0, 0.1) is 5.41 Å². The number of rotatable bonds is 12. The second-order valence-corrected chi connectivity index (χ2v) is 11.6. The first kappa shape index (κ1) is 31.7. The van der Waals surface area contributed by atoms with E-state index in [2.05, 4.69) is 30.2 Å². The average molecular weight is 580 g/mol. The summed E-state index contributed by atoms with van der Waals surface area (Å²) in [6.07, 6.45) is 8.65. The molecule has 1 fully saturated rings. The van der Waals surface area contributed by atoms with E-state index in [0.717, 1.165) is 17.6 Å². The quantitative estimate of drug-likeness (QED) is 0.125. The summed E-state index contributed by atoms with van der Waals surface area (Å²) in [6, 6.07) is 5.73. The molecule has 220 valence electrons. The smallest absolute Gasteiger partial charge is 0.251 e. The van der Waals surface area contributed by atoms with Crippen LogP contribution in [0.5, 0.6) is 5.75 Å². The molecule has 0 saturated carbocycles. The van der Waals surface area contributed by atoms with Gasteiger partial charge in [0.15, 0.2) is 0 Å². The Bertz CT molecular complexity index is 1250. The van der Waals surface area contributed by atoms with Gasteiger partial charge in [-0.3, -0.25) is 19.8 Å². The van der Waals surface area contributed by atoms with Gasteiger partial charge in [-0.2, -0.15) is 0 Å². The molecule has 4 atom stereocenters. The standard InChI is InChI=1S/C31H41N5O4S/c1-6-7-19(2)8-10-21(4)40-25-13-11-23(12-14-25)30(38)34-17-28(37)36-20(3)9-15-26(36)31(39)35-22(5)27-16-24(18-41-27)29(32)33/h7-8,10-14,18,20,22,26-27H,4,6,9,15-17H2,1-3,5H3,(H3,32,33)(H,34,38)(H,35,39)/b10-8-,19-7-/t20?,22-,26?,27?/m1/s1. The Balaban J connectivity index is 1.51. The summed E-state index contributed by atoms with van der Waals surface area (Å²) in [7, 11) is 0. The van der Waals surface area contributed by atoms with Gasteiger partial charge in [0, 0.05) is 28.5 Å². The van der Waals surface area contributed by atoms with Gasteiger partial charge in [0.25, 0.3) is 5.91 Å². The largest absolute Gasteiger partial charge is 0.458 e. The molecule has 41 heavy (non-hydrogen) atoms. The molecule has 0 bridgehead atoms. The van der Waals surface area contributed by atoms with Gasteiger partial charge in [0.2, 0.25) is 11.8 Å². The number of carbonyl (C=O) groups excluding carboxylic acids is 3. The number of likely N-dealkylation sites (tertiary alicyclic amines) is 1. The summed E-state index contributed by atoms with van der Waals surface area (Å²) >= 11 is 1.55. The van der Waals surface area contributed by atoms with Crippen molar-refractivity contribution in [2.24, 2.45) is 5.73 Å². The summed E-state index contributed by atoms with van der Waals surface area (Å²) in [6.45, 7) is 11.6. The molecule has 0 aliphatic carbocycles. The molecule has 1 aromatic carbocycles. The normalized spacial score (nSPS) is 21.4. The highest BCUT2D eigenvalue weighted by Gasteiger charge is 2.39. The zero-order chi connectivity index (χ0) is 30.1. The molecule has 3 amide bonds. The minimum atomic E-state index is -0.594. The number of hydrogen-bond donors (Lipinski definition) is 4. The highest BCUT2D eigenvalue weighted by molar-refractivity contribution is 8.03. The maximum Gasteiger partial charge on any atom is 0.251 e. The van der Waals surface area contributed by atoms with Crippen LogP contribution in [0.25, 0.3) is 0 Å². The Morgan fingerprint density at radius 3 is 2.59 bits per heavy atom. The number of amides is 3. The third-order valence-electron chi connectivity index (χ3n) is 7.16. The lowest BCUT2D eigenvalue weighted by molar-refractivity contribution is -0.139. The van der Waals surface area contributed by atoms with Crippen molar-refractivity contribution in [2.45, 2.75) is 76.8 Å². The van der Waals surface area contributed by atoms with Crippen molar-refractivity contribution in [2.75, 3.05) is 6.54 Å². The molecule has 3 rings (SSSR count). The average Bonchev–Trinajstić information content (AvgIpc) is 3.59. The first-order chi connectivity index (χ1) is 19.5. The van der Waals surface area contributed by atoms with Crippen molar-refractivity contribution < 1.29 is 19.1 Å². The number of ether oxygens (including phenoxy) is 1. The summed E-state index contributed by atoms with van der Waals surface area (Å²) in [4.78, 5) is 40.6. The monoisotopic (exact) mass is 579 g/mol. The van der Waals surface area contributed by atoms with Crippen molar-refractivity contribution in [1.82, 2.24) is 15.5 Å². The molecule has 10 heteroatoms. The van der Waals surface area contributed by atoms with Gasteiger partial charge >= 0.3 is 0 Å². The molecule has 0 radical (unpaired) electrons. The predicted molar refractivity (Wildman–Crippen MR) is 165 cm³/mol. The lowest BCUT2D eigenvalue weighted by atomic mass is 10.1. The molecular formula is C31H41N5O4S. The molecule has 0 spiro atoms. The Morgan fingerprint density at radius 2 is 1.95 bits per heavy atom. The van der Waals surface area contributed by atoms with Gasteiger partial charge in [-0.15, -0.1) is 11.8 Å². The van der Waals surface area contributed by atoms with E-state index >= 15 is 0 Å². The second kappa shape index (κ2) is 14.7. The highest BCUT2D eigenvalue weighted by atomic mass is 32.2. The number of nitrogens with zero attached hydrogens (tertiary/aromatic N) is 1. The Morgan fingerprint density at radius 1 is 1.24 bits per heavy atom. The molecule has 5 N–H and O–H groups in total. The third-order valence-corrected chi connectivity index (χ3v) is 8.51. The minimum Gasteiger partial charge on any atom is -0.458 e. The van der Waals surface area contributed by atoms with E-state index in [4.69, 9.17) is 15.9 Å². The van der Waals surface area contributed by atoms with Crippen LogP contribution in [0.15, 0.2) is 71.4 Å². The van der Waals surface area contributed by atoms with E-state index in [1.807, 2.05) is 32.3 Å². The summed E-state index contributed by atoms with van der Waals surface area (Å²) in [5.41, 5.74) is 7.87. The minimum absolute atomic E-state index is 0.0515. The SMILES string of the molecule is C=C(/C=C\C(C)=C/CC)Oc1ccc(C(=O)NCC(=O)N2C(C)CCC2C(=O)N[C@H](C)C2CC(C(=N)N)=CS2)cc1. The van der Waals surface area contributed by atoms with Gasteiger partial charge in [-0.1, -0.05) is 31.2 Å². The third kappa shape index (κ3) is 8.85. The Labute approximate surface area is 246 Å². The van der Waals surface area contributed by atoms with Gasteiger partial charge in [0.1, 0.15) is 23.4 Å². The molecule has 2 aliphatic heterocycles. The van der Waals surface area contributed by atoms with E-state index in [9.17, 15) is 14.4 Å². The zero-order valence-electron chi connectivity index (χ0n) is 24.2. The molecule has 2 heterocycles. The molecule has 2 aliphatic rings. The molecule has 9 nitrogen and oxygen atoms in total. The Kier molecular flexibility index (Phi) is 11.4. The second-order valence-electron chi connectivity index (χ2n) is 10.4. The van der Waals surface area contributed by atoms with Crippen LogP contribution in [-0.2, 0) is 9.59 Å². The van der Waals surface area contributed by atoms with Crippen molar-refractivity contribution in [3.8, 4) is 5.75 Å². The summed E-state index contributed by atoms with van der Waals surface area (Å²) in [5, 5.41) is 15.3. The van der Waals surface area contributed by atoms with Crippen LogP contribution in [0.1, 0.15) is 63.7 Å². The van der Waals surface area contributed by atoms with E-state index < -0.39 is 11.9 Å². The fourth-order valence-electron chi connectivity index (χ4n) is 4.85. The van der Waals surface area contributed by atoms with Crippen LogP contribution >= 0.6 is 11.8 Å². The number of thioether (sulfide) groups is 1. The van der Waals surface area contributed by atoms with Crippen LogP contribution in [0.4, 0.5) is 0 Å². The zero-order valence-corrected chi connectivity index (χ0v) is 25.1. The van der Waals surface area contributed by atoms with E-state index in [0.29, 0.717) is 36.3 Å². The van der Waals surface area contributed by atoms with Gasteiger partial charge in [-0.05, 0) is 82.2 Å². The van der Waals surface area contributed by atoms with E-state index in [1.54, 1.807) is 47.0 Å². The molecule has 1 aromatic rings. The number of carbonyl (C=O) groups is 3. The van der Waals surface area contributed by atoms with Crippen molar-refractivity contribution in [3.05, 3.63) is 76.9 Å². The van der Waals surface area contributed by atoms with E-state index in [-0.39, 0.29) is 41.5 Å². The number of amidine groups is 1. The molecule has 1 saturated heterocycles. The van der Waals surface area contributed by atoms with Gasteiger partial charge in [0.05, 0.1) is 6.54 Å². The molecular weight excluding hydrogens is 538 g/mol. The first-order valence-corrected chi connectivity index (χ1v) is 14.8. The van der Waals surface area contributed by atoms with Crippen molar-refractivity contribution in [3.63, 3.8) is 0 Å². The topological polar surface area (TPSA) is 138 Å². The van der Waals surface area contributed by atoms with Crippen molar-refractivity contribution in [1.29, 1.82) is 5.41 Å². The Hall–Kier alpha value is -3.79. The lowest BCUT2D eigenvalue weighted by Crippen LogP contribution is -2.53. The maximum absolute atomic E-state index is 13.1. The fourth-order valence-corrected chi connectivity index (χ4v) is 5.99. The fraction of sp³-hybridized carbons (Fsp3) is 0.419. The number of benzene rings is 1. The highest BCUT2D eigenvalue weighted by Crippen LogP contribution is 2.32. The van der Waals surface area contributed by atoms with Crippen LogP contribution in [0.2, 0.25) is 0 Å². The molecule has 3 unspecified atom stereocenters. The van der Waals surface area contributed by atoms with Crippen LogP contribution in [0.3, 0.4) is 0 Å². The molecule has 0 aromatic heterocycles. The summed E-state index contributed by atoms with van der Waals surface area (Å²) < 4.78 is 5.71. The number of nitrogens with two attached hydrogens (primary N) is 1. The van der Waals surface area contributed by atoms with Crippen molar-refractivity contribution >= 4 is 35.3 Å². The summed E-state index contributed by atoms with van der Waals surface area (Å²) in [5.74, 6) is 0.170. The van der Waals surface area contributed by atoms with Gasteiger partial charge < -0.3 is 26.0 Å². The number of allylic oxidation sites excluding steroid dienone is 4. The lowest BCUT2D eigenvalue weighted by Gasteiger charge is -2.30. The maximum atomic E-state index is 13.1. The van der Waals surface area contributed by atoms with E-state index in [1.165, 1.54) is 0 Å². The van der Waals surface area contributed by atoms with Crippen LogP contribution < -0.4 is 21.1 Å². The number of hydrogen-bond acceptors (Lipinski definition) is 6. The van der Waals surface area contributed by atoms with Gasteiger partial charge in [-0.25, -0.2) is 0 Å². The predicted octanol–water partition coefficient (Wildman–Crippen LogP) is 4.43. The first-order valence-electron chi connectivity index (χ1n) is 13.9. The van der Waals surface area contributed by atoms with Crippen LogP contribution in [-0.4, -0.2) is 58.4 Å².